The topological polar surface area (TPSA) is 21.3 Å². The lowest BCUT2D eigenvalue weighted by molar-refractivity contribution is 0.302. The van der Waals surface area contributed by atoms with E-state index in [9.17, 15) is 0 Å². The quantitative estimate of drug-likeness (QED) is 0.838. The van der Waals surface area contributed by atoms with Crippen LogP contribution in [-0.4, -0.2) is 7.05 Å². The molecular formula is C15H14Cl3NO. The summed E-state index contributed by atoms with van der Waals surface area (Å²) in [6.07, 6.45) is 0. The van der Waals surface area contributed by atoms with Gasteiger partial charge in [0.1, 0.15) is 12.4 Å². The normalized spacial score (nSPS) is 10.6. The van der Waals surface area contributed by atoms with Gasteiger partial charge in [0.25, 0.3) is 0 Å². The summed E-state index contributed by atoms with van der Waals surface area (Å²) in [5.74, 6) is 0.725. The highest BCUT2D eigenvalue weighted by atomic mass is 35.5. The van der Waals surface area contributed by atoms with Gasteiger partial charge >= 0.3 is 0 Å². The Kier molecular flexibility index (Phi) is 5.55. The van der Waals surface area contributed by atoms with E-state index in [4.69, 9.17) is 39.5 Å². The summed E-state index contributed by atoms with van der Waals surface area (Å²) in [7, 11) is 1.86. The van der Waals surface area contributed by atoms with Gasteiger partial charge in [-0.15, -0.1) is 0 Å². The fraction of sp³-hybridized carbons (Fsp3) is 0.200. The molecule has 0 saturated heterocycles. The molecule has 0 saturated carbocycles. The van der Waals surface area contributed by atoms with Crippen molar-refractivity contribution in [2.45, 2.75) is 13.2 Å². The second-order valence-electron chi connectivity index (χ2n) is 4.24. The van der Waals surface area contributed by atoms with Crippen LogP contribution in [0.1, 0.15) is 11.1 Å². The Morgan fingerprint density at radius 2 is 1.45 bits per heavy atom. The van der Waals surface area contributed by atoms with E-state index in [1.54, 1.807) is 18.2 Å². The van der Waals surface area contributed by atoms with E-state index in [1.807, 2.05) is 25.2 Å². The van der Waals surface area contributed by atoms with E-state index in [2.05, 4.69) is 5.32 Å². The van der Waals surface area contributed by atoms with Gasteiger partial charge in [-0.3, -0.25) is 0 Å². The van der Waals surface area contributed by atoms with Gasteiger partial charge in [-0.1, -0.05) is 46.9 Å². The van der Waals surface area contributed by atoms with Crippen LogP contribution in [0, 0.1) is 0 Å². The minimum atomic E-state index is 0.301. The zero-order chi connectivity index (χ0) is 14.5. The molecule has 0 radical (unpaired) electrons. The van der Waals surface area contributed by atoms with Crippen molar-refractivity contribution in [1.29, 1.82) is 0 Å². The number of hydrogen-bond donors (Lipinski definition) is 1. The molecule has 0 unspecified atom stereocenters. The van der Waals surface area contributed by atoms with E-state index >= 15 is 0 Å². The van der Waals surface area contributed by atoms with Crippen molar-refractivity contribution in [3.05, 3.63) is 62.6 Å². The molecular weight excluding hydrogens is 317 g/mol. The average Bonchev–Trinajstić information content (AvgIpc) is 2.42. The number of rotatable bonds is 5. The van der Waals surface area contributed by atoms with Gasteiger partial charge in [0.2, 0.25) is 0 Å². The zero-order valence-corrected chi connectivity index (χ0v) is 13.2. The smallest absolute Gasteiger partial charge is 0.125 e. The lowest BCUT2D eigenvalue weighted by Gasteiger charge is -2.14. The molecule has 2 rings (SSSR count). The molecule has 0 amide bonds. The van der Waals surface area contributed by atoms with Gasteiger partial charge in [0, 0.05) is 32.7 Å². The third-order valence-electron chi connectivity index (χ3n) is 2.86. The maximum absolute atomic E-state index is 6.18. The van der Waals surface area contributed by atoms with Crippen molar-refractivity contribution < 1.29 is 4.74 Å². The molecule has 0 heterocycles. The molecule has 0 aliphatic rings. The SMILES string of the molecule is CNCc1c(Cl)cccc1OCc1c(Cl)cccc1Cl. The molecule has 20 heavy (non-hydrogen) atoms. The lowest BCUT2D eigenvalue weighted by Crippen LogP contribution is -2.08. The summed E-state index contributed by atoms with van der Waals surface area (Å²) in [6, 6.07) is 11.0. The Balaban J connectivity index is 2.21. The van der Waals surface area contributed by atoms with Crippen LogP contribution in [0.25, 0.3) is 0 Å². The molecule has 106 valence electrons. The Morgan fingerprint density at radius 1 is 0.900 bits per heavy atom. The van der Waals surface area contributed by atoms with Crippen LogP contribution in [0.5, 0.6) is 5.75 Å². The van der Waals surface area contributed by atoms with Gasteiger partial charge in [0.15, 0.2) is 0 Å². The second kappa shape index (κ2) is 7.19. The summed E-state index contributed by atoms with van der Waals surface area (Å²) < 4.78 is 5.82. The summed E-state index contributed by atoms with van der Waals surface area (Å²) in [4.78, 5) is 0. The maximum Gasteiger partial charge on any atom is 0.125 e. The van der Waals surface area contributed by atoms with Crippen LogP contribution in [0.3, 0.4) is 0 Å². The monoisotopic (exact) mass is 329 g/mol. The van der Waals surface area contributed by atoms with Crippen molar-refractivity contribution >= 4 is 34.8 Å². The minimum absolute atomic E-state index is 0.301. The van der Waals surface area contributed by atoms with Crippen LogP contribution in [0.15, 0.2) is 36.4 Å². The second-order valence-corrected chi connectivity index (χ2v) is 5.46. The first-order chi connectivity index (χ1) is 9.63. The summed E-state index contributed by atoms with van der Waals surface area (Å²) in [6.45, 7) is 0.931. The number of nitrogens with one attached hydrogen (secondary N) is 1. The number of hydrogen-bond acceptors (Lipinski definition) is 2. The highest BCUT2D eigenvalue weighted by Crippen LogP contribution is 2.29. The molecule has 0 fully saturated rings. The van der Waals surface area contributed by atoms with Crippen LogP contribution < -0.4 is 10.1 Å². The first-order valence-electron chi connectivity index (χ1n) is 6.11. The van der Waals surface area contributed by atoms with Gasteiger partial charge in [0.05, 0.1) is 0 Å². The Bertz CT molecular complexity index is 581. The van der Waals surface area contributed by atoms with E-state index < -0.39 is 0 Å². The van der Waals surface area contributed by atoms with E-state index in [0.717, 1.165) is 16.9 Å². The molecule has 5 heteroatoms. The number of halogens is 3. The average molecular weight is 331 g/mol. The van der Waals surface area contributed by atoms with Crippen LogP contribution in [0.2, 0.25) is 15.1 Å². The van der Waals surface area contributed by atoms with E-state index in [0.29, 0.717) is 28.2 Å². The standard InChI is InChI=1S/C15H14Cl3NO/c1-19-8-10-12(16)6-3-7-15(10)20-9-11-13(17)4-2-5-14(11)18/h2-7,19H,8-9H2,1H3. The molecule has 0 aliphatic carbocycles. The van der Waals surface area contributed by atoms with Crippen LogP contribution in [-0.2, 0) is 13.2 Å². The van der Waals surface area contributed by atoms with Crippen molar-refractivity contribution in [2.75, 3.05) is 7.05 Å². The van der Waals surface area contributed by atoms with Gasteiger partial charge in [-0.2, -0.15) is 0 Å². The fourth-order valence-electron chi connectivity index (χ4n) is 1.84. The highest BCUT2D eigenvalue weighted by Gasteiger charge is 2.10. The van der Waals surface area contributed by atoms with Crippen molar-refractivity contribution in [3.8, 4) is 5.75 Å². The Morgan fingerprint density at radius 3 is 2.05 bits per heavy atom. The van der Waals surface area contributed by atoms with Crippen molar-refractivity contribution in [2.24, 2.45) is 0 Å². The summed E-state index contributed by atoms with van der Waals surface area (Å²) in [5.41, 5.74) is 1.69. The maximum atomic E-state index is 6.18. The lowest BCUT2D eigenvalue weighted by atomic mass is 10.2. The Hall–Kier alpha value is -0.930. The van der Waals surface area contributed by atoms with Gasteiger partial charge < -0.3 is 10.1 Å². The van der Waals surface area contributed by atoms with Crippen molar-refractivity contribution in [1.82, 2.24) is 5.32 Å². The third kappa shape index (κ3) is 3.58. The molecule has 1 N–H and O–H groups in total. The van der Waals surface area contributed by atoms with Crippen molar-refractivity contribution in [3.63, 3.8) is 0 Å². The highest BCUT2D eigenvalue weighted by molar-refractivity contribution is 6.36. The molecule has 2 aromatic rings. The van der Waals surface area contributed by atoms with E-state index in [-0.39, 0.29) is 0 Å². The molecule has 2 nitrogen and oxygen atoms in total. The van der Waals surface area contributed by atoms with E-state index in [1.165, 1.54) is 0 Å². The molecule has 0 aliphatic heterocycles. The molecule has 2 aromatic carbocycles. The first kappa shape index (κ1) is 15.5. The van der Waals surface area contributed by atoms with Gasteiger partial charge in [-0.05, 0) is 31.3 Å². The minimum Gasteiger partial charge on any atom is -0.488 e. The van der Waals surface area contributed by atoms with Crippen LogP contribution >= 0.6 is 34.8 Å². The predicted molar refractivity (Wildman–Crippen MR) is 85.0 cm³/mol. The third-order valence-corrected chi connectivity index (χ3v) is 3.93. The Labute approximate surface area is 133 Å². The molecule has 0 bridgehead atoms. The number of ether oxygens (including phenoxy) is 1. The largest absolute Gasteiger partial charge is 0.488 e. The first-order valence-corrected chi connectivity index (χ1v) is 7.24. The van der Waals surface area contributed by atoms with Gasteiger partial charge in [-0.25, -0.2) is 0 Å². The molecule has 0 atom stereocenters. The van der Waals surface area contributed by atoms with Crippen LogP contribution in [0.4, 0.5) is 0 Å². The summed E-state index contributed by atoms with van der Waals surface area (Å²) >= 11 is 18.4. The number of benzene rings is 2. The molecule has 0 aromatic heterocycles. The molecule has 0 spiro atoms. The predicted octanol–water partition coefficient (Wildman–Crippen LogP) is 4.95. The fourth-order valence-corrected chi connectivity index (χ4v) is 2.58. The zero-order valence-electron chi connectivity index (χ0n) is 10.9. The summed E-state index contributed by atoms with van der Waals surface area (Å²) in [5, 5.41) is 4.92.